The van der Waals surface area contributed by atoms with Crippen molar-refractivity contribution in [2.45, 2.75) is 26.3 Å². The number of primary amides is 1. The fourth-order valence-corrected chi connectivity index (χ4v) is 2.79. The highest BCUT2D eigenvalue weighted by Crippen LogP contribution is 2.29. The molecule has 1 aromatic heterocycles. The number of amides is 1. The maximum Gasteiger partial charge on any atom is 0.240 e. The first-order valence-electron chi connectivity index (χ1n) is 6.58. The Labute approximate surface area is 132 Å². The van der Waals surface area contributed by atoms with E-state index in [1.807, 2.05) is 13.8 Å². The summed E-state index contributed by atoms with van der Waals surface area (Å²) in [7, 11) is 0. The fraction of sp³-hybridized carbons (Fsp3) is 0.429. The van der Waals surface area contributed by atoms with Crippen LogP contribution >= 0.6 is 23.2 Å². The highest BCUT2D eigenvalue weighted by atomic mass is 35.5. The van der Waals surface area contributed by atoms with Crippen LogP contribution in [0.15, 0.2) is 12.1 Å². The smallest absolute Gasteiger partial charge is 0.240 e. The van der Waals surface area contributed by atoms with Gasteiger partial charge in [0.05, 0.1) is 16.1 Å². The van der Waals surface area contributed by atoms with Crippen molar-refractivity contribution >= 4 is 40.1 Å². The average Bonchev–Trinajstić information content (AvgIpc) is 2.68. The van der Waals surface area contributed by atoms with Gasteiger partial charge in [0.1, 0.15) is 17.7 Å². The molecule has 7 heteroatoms. The highest BCUT2D eigenvalue weighted by molar-refractivity contribution is 6.31. The third-order valence-corrected chi connectivity index (χ3v) is 3.80. The fourth-order valence-electron chi connectivity index (χ4n) is 2.47. The third kappa shape index (κ3) is 2.99. The van der Waals surface area contributed by atoms with Crippen molar-refractivity contribution in [3.05, 3.63) is 28.8 Å². The number of benzene rings is 1. The van der Waals surface area contributed by atoms with Crippen LogP contribution in [0.4, 0.5) is 4.39 Å². The number of hydrogen-bond donors (Lipinski definition) is 1. The number of carbonyl (C=O) groups excluding carboxylic acids is 1. The number of rotatable bonds is 5. The van der Waals surface area contributed by atoms with E-state index in [2.05, 4.69) is 4.98 Å². The van der Waals surface area contributed by atoms with Crippen molar-refractivity contribution in [1.82, 2.24) is 9.55 Å². The molecule has 1 aromatic carbocycles. The SMILES string of the molecule is CC(C)C(C(N)=O)n1c(CCCl)nc2cc(F)c(Cl)cc21. The van der Waals surface area contributed by atoms with Gasteiger partial charge in [-0.2, -0.15) is 0 Å². The molecule has 1 atom stereocenters. The van der Waals surface area contributed by atoms with Crippen LogP contribution in [0.25, 0.3) is 11.0 Å². The molecule has 0 saturated heterocycles. The Kier molecular flexibility index (Phi) is 4.74. The van der Waals surface area contributed by atoms with Crippen LogP contribution < -0.4 is 5.73 Å². The zero-order chi connectivity index (χ0) is 15.7. The number of hydrogen-bond acceptors (Lipinski definition) is 2. The van der Waals surface area contributed by atoms with E-state index in [4.69, 9.17) is 28.9 Å². The van der Waals surface area contributed by atoms with Gasteiger partial charge in [0.25, 0.3) is 0 Å². The Balaban J connectivity index is 2.76. The predicted octanol–water partition coefficient (Wildman–Crippen LogP) is 3.29. The number of fused-ring (bicyclic) bond motifs is 1. The Morgan fingerprint density at radius 3 is 2.67 bits per heavy atom. The number of imidazole rings is 1. The number of nitrogens with two attached hydrogens (primary N) is 1. The van der Waals surface area contributed by atoms with E-state index in [9.17, 15) is 9.18 Å². The summed E-state index contributed by atoms with van der Waals surface area (Å²) in [5.74, 6) is -0.132. The Bertz CT molecular complexity index is 684. The van der Waals surface area contributed by atoms with Crippen LogP contribution in [-0.4, -0.2) is 21.3 Å². The number of nitrogens with zero attached hydrogens (tertiary/aromatic N) is 2. The van der Waals surface area contributed by atoms with Gasteiger partial charge in [-0.1, -0.05) is 25.4 Å². The second-order valence-corrected chi connectivity index (χ2v) is 5.97. The standard InChI is InChI=1S/C14H16Cl2FN3O/c1-7(2)13(14(18)21)20-11-5-8(16)9(17)6-10(11)19-12(20)3-4-15/h5-7,13H,3-4H2,1-2H3,(H2,18,21). The molecule has 0 radical (unpaired) electrons. The molecule has 0 spiro atoms. The summed E-state index contributed by atoms with van der Waals surface area (Å²) in [4.78, 5) is 16.2. The second kappa shape index (κ2) is 6.20. The summed E-state index contributed by atoms with van der Waals surface area (Å²) in [6.45, 7) is 3.77. The molecule has 0 aliphatic carbocycles. The van der Waals surface area contributed by atoms with E-state index < -0.39 is 17.8 Å². The second-order valence-electron chi connectivity index (χ2n) is 5.18. The lowest BCUT2D eigenvalue weighted by molar-refractivity contribution is -0.122. The molecular formula is C14H16Cl2FN3O. The van der Waals surface area contributed by atoms with Crippen molar-refractivity contribution < 1.29 is 9.18 Å². The molecule has 0 aliphatic rings. The van der Waals surface area contributed by atoms with E-state index in [0.29, 0.717) is 29.2 Å². The maximum absolute atomic E-state index is 13.6. The van der Waals surface area contributed by atoms with Crippen molar-refractivity contribution in [2.75, 3.05) is 5.88 Å². The van der Waals surface area contributed by atoms with Crippen molar-refractivity contribution in [3.63, 3.8) is 0 Å². The van der Waals surface area contributed by atoms with Crippen LogP contribution in [0.3, 0.4) is 0 Å². The minimum Gasteiger partial charge on any atom is -0.368 e. The average molecular weight is 332 g/mol. The van der Waals surface area contributed by atoms with E-state index in [0.717, 1.165) is 0 Å². The predicted molar refractivity (Wildman–Crippen MR) is 82.2 cm³/mol. The first kappa shape index (κ1) is 16.0. The van der Waals surface area contributed by atoms with E-state index in [1.54, 1.807) is 4.57 Å². The molecule has 2 aromatic rings. The summed E-state index contributed by atoms with van der Waals surface area (Å²) in [6, 6.07) is 2.13. The Morgan fingerprint density at radius 2 is 2.14 bits per heavy atom. The molecule has 0 fully saturated rings. The molecule has 1 heterocycles. The van der Waals surface area contributed by atoms with Gasteiger partial charge in [0.15, 0.2) is 0 Å². The van der Waals surface area contributed by atoms with E-state index in [-0.39, 0.29) is 10.9 Å². The monoisotopic (exact) mass is 331 g/mol. The third-order valence-electron chi connectivity index (χ3n) is 3.32. The lowest BCUT2D eigenvalue weighted by atomic mass is 10.0. The summed E-state index contributed by atoms with van der Waals surface area (Å²) in [5, 5.41) is -0.0203. The number of alkyl halides is 1. The van der Waals surface area contributed by atoms with Gasteiger partial charge in [-0.15, -0.1) is 11.6 Å². The zero-order valence-electron chi connectivity index (χ0n) is 11.7. The number of carbonyl (C=O) groups is 1. The molecular weight excluding hydrogens is 316 g/mol. The molecule has 2 N–H and O–H groups in total. The lowest BCUT2D eigenvalue weighted by Crippen LogP contribution is -2.31. The van der Waals surface area contributed by atoms with Gasteiger partial charge >= 0.3 is 0 Å². The molecule has 1 unspecified atom stereocenters. The summed E-state index contributed by atoms with van der Waals surface area (Å²) < 4.78 is 15.3. The zero-order valence-corrected chi connectivity index (χ0v) is 13.2. The van der Waals surface area contributed by atoms with Crippen LogP contribution in [0.5, 0.6) is 0 Å². The first-order valence-corrected chi connectivity index (χ1v) is 7.49. The quantitative estimate of drug-likeness (QED) is 0.854. The molecule has 0 bridgehead atoms. The summed E-state index contributed by atoms with van der Waals surface area (Å²) >= 11 is 11.6. The van der Waals surface area contributed by atoms with Crippen LogP contribution in [0, 0.1) is 11.7 Å². The maximum atomic E-state index is 13.6. The van der Waals surface area contributed by atoms with E-state index >= 15 is 0 Å². The molecule has 4 nitrogen and oxygen atoms in total. The molecule has 114 valence electrons. The van der Waals surface area contributed by atoms with Gasteiger partial charge in [-0.3, -0.25) is 4.79 Å². The lowest BCUT2D eigenvalue weighted by Gasteiger charge is -2.22. The van der Waals surface area contributed by atoms with Gasteiger partial charge in [-0.05, 0) is 12.0 Å². The van der Waals surface area contributed by atoms with Crippen LogP contribution in [0.1, 0.15) is 25.7 Å². The summed E-state index contributed by atoms with van der Waals surface area (Å²) in [6.07, 6.45) is 0.450. The first-order chi connectivity index (χ1) is 9.86. The number of aryl methyl sites for hydroxylation is 1. The normalized spacial score (nSPS) is 13.0. The molecule has 1 amide bonds. The molecule has 2 rings (SSSR count). The van der Waals surface area contributed by atoms with Gasteiger partial charge in [0, 0.05) is 18.4 Å². The minimum atomic E-state index is -0.588. The molecule has 0 saturated carbocycles. The van der Waals surface area contributed by atoms with Gasteiger partial charge < -0.3 is 10.3 Å². The van der Waals surface area contributed by atoms with Crippen LogP contribution in [-0.2, 0) is 11.2 Å². The number of aromatic nitrogens is 2. The van der Waals surface area contributed by atoms with Gasteiger partial charge in [-0.25, -0.2) is 9.37 Å². The van der Waals surface area contributed by atoms with Crippen LogP contribution in [0.2, 0.25) is 5.02 Å². The van der Waals surface area contributed by atoms with Crippen molar-refractivity contribution in [1.29, 1.82) is 0 Å². The Morgan fingerprint density at radius 1 is 1.48 bits per heavy atom. The van der Waals surface area contributed by atoms with Gasteiger partial charge in [0.2, 0.25) is 5.91 Å². The molecule has 21 heavy (non-hydrogen) atoms. The molecule has 0 aliphatic heterocycles. The largest absolute Gasteiger partial charge is 0.368 e. The van der Waals surface area contributed by atoms with Crippen molar-refractivity contribution in [2.24, 2.45) is 11.7 Å². The topological polar surface area (TPSA) is 60.9 Å². The van der Waals surface area contributed by atoms with Crippen molar-refractivity contribution in [3.8, 4) is 0 Å². The number of halogens is 3. The minimum absolute atomic E-state index is 0.0203. The highest BCUT2D eigenvalue weighted by Gasteiger charge is 2.27. The summed E-state index contributed by atoms with van der Waals surface area (Å²) in [5.41, 5.74) is 6.54. The van der Waals surface area contributed by atoms with E-state index in [1.165, 1.54) is 12.1 Å². The Hall–Kier alpha value is -1.33.